The maximum atomic E-state index is 11.7. The van der Waals surface area contributed by atoms with E-state index in [1.165, 1.54) is 0 Å². The number of sulfonamides is 1. The minimum Gasteiger partial charge on any atom is -0.504 e. The molecule has 100 valence electrons. The third-order valence-corrected chi connectivity index (χ3v) is 3.47. The lowest BCUT2D eigenvalue weighted by Crippen LogP contribution is -2.26. The second-order valence-corrected chi connectivity index (χ2v) is 5.00. The molecule has 10 heteroatoms. The number of nitrogens with one attached hydrogen (secondary N) is 1. The molecule has 0 spiro atoms. The smallest absolute Gasteiger partial charge is 0.273 e. The molecule has 0 heterocycles. The number of phenolic OH excluding ortho intramolecular Hbond substituents is 1. The fourth-order valence-electron chi connectivity index (χ4n) is 1.18. The first-order valence-corrected chi connectivity index (χ1v) is 6.15. The number of nitro benzene ring substituents is 1. The van der Waals surface area contributed by atoms with Crippen molar-refractivity contribution in [2.45, 2.75) is 4.90 Å². The van der Waals surface area contributed by atoms with Gasteiger partial charge in [0.05, 0.1) is 17.2 Å². The molecule has 9 nitrogen and oxygen atoms in total. The average molecular weight is 277 g/mol. The number of hydrogen-bond donors (Lipinski definition) is 4. The lowest BCUT2D eigenvalue weighted by molar-refractivity contribution is -0.385. The summed E-state index contributed by atoms with van der Waals surface area (Å²) >= 11 is 0. The zero-order valence-electron chi connectivity index (χ0n) is 9.03. The van der Waals surface area contributed by atoms with Gasteiger partial charge in [-0.3, -0.25) is 10.1 Å². The number of nitro groups is 1. The highest BCUT2D eigenvalue weighted by Gasteiger charge is 2.24. The SMILES string of the molecule is Nc1cc([N+](=O)[O-])cc(S(=O)(=O)NCCO)c1O. The van der Waals surface area contributed by atoms with Crippen molar-refractivity contribution in [1.29, 1.82) is 0 Å². The van der Waals surface area contributed by atoms with Crippen molar-refractivity contribution in [2.24, 2.45) is 0 Å². The Hall–Kier alpha value is -1.91. The fraction of sp³-hybridized carbons (Fsp3) is 0.250. The first-order valence-electron chi connectivity index (χ1n) is 4.67. The molecule has 0 aromatic heterocycles. The third kappa shape index (κ3) is 2.85. The fourth-order valence-corrected chi connectivity index (χ4v) is 2.35. The van der Waals surface area contributed by atoms with Gasteiger partial charge in [-0.05, 0) is 0 Å². The Morgan fingerprint density at radius 1 is 1.44 bits per heavy atom. The highest BCUT2D eigenvalue weighted by Crippen LogP contribution is 2.33. The number of anilines is 1. The van der Waals surface area contributed by atoms with Gasteiger partial charge in [-0.2, -0.15) is 0 Å². The van der Waals surface area contributed by atoms with Crippen LogP contribution in [-0.4, -0.2) is 36.7 Å². The summed E-state index contributed by atoms with van der Waals surface area (Å²) < 4.78 is 25.3. The average Bonchev–Trinajstić information content (AvgIpc) is 2.29. The lowest BCUT2D eigenvalue weighted by atomic mass is 10.2. The van der Waals surface area contributed by atoms with Gasteiger partial charge in [-0.1, -0.05) is 0 Å². The Morgan fingerprint density at radius 2 is 2.06 bits per heavy atom. The van der Waals surface area contributed by atoms with Crippen LogP contribution in [0.3, 0.4) is 0 Å². The van der Waals surface area contributed by atoms with Crippen LogP contribution in [0.2, 0.25) is 0 Å². The van der Waals surface area contributed by atoms with Crippen LogP contribution in [0.1, 0.15) is 0 Å². The predicted octanol–water partition coefficient (Wildman–Crippen LogP) is -0.847. The van der Waals surface area contributed by atoms with Gasteiger partial charge in [0.1, 0.15) is 4.90 Å². The van der Waals surface area contributed by atoms with Gasteiger partial charge in [0.25, 0.3) is 5.69 Å². The molecule has 1 aromatic rings. The molecule has 0 radical (unpaired) electrons. The molecular formula is C8H11N3O6S. The third-order valence-electron chi connectivity index (χ3n) is 1.99. The molecule has 0 aliphatic rings. The summed E-state index contributed by atoms with van der Waals surface area (Å²) in [7, 11) is -4.18. The van der Waals surface area contributed by atoms with Crippen molar-refractivity contribution in [2.75, 3.05) is 18.9 Å². The molecular weight excluding hydrogens is 266 g/mol. The van der Waals surface area contributed by atoms with Crippen LogP contribution < -0.4 is 10.5 Å². The Labute approximate surface area is 102 Å². The van der Waals surface area contributed by atoms with E-state index in [0.717, 1.165) is 6.07 Å². The summed E-state index contributed by atoms with van der Waals surface area (Å²) in [5, 5.41) is 28.6. The van der Waals surface area contributed by atoms with Gasteiger partial charge in [0.15, 0.2) is 5.75 Å². The second-order valence-electron chi connectivity index (χ2n) is 3.26. The van der Waals surface area contributed by atoms with Crippen molar-refractivity contribution in [3.05, 3.63) is 22.2 Å². The molecule has 0 atom stereocenters. The molecule has 0 aliphatic carbocycles. The van der Waals surface area contributed by atoms with Gasteiger partial charge >= 0.3 is 0 Å². The summed E-state index contributed by atoms with van der Waals surface area (Å²) in [4.78, 5) is 9.03. The van der Waals surface area contributed by atoms with E-state index in [9.17, 15) is 23.6 Å². The number of phenols is 1. The number of nitrogens with zero attached hydrogens (tertiary/aromatic N) is 1. The van der Waals surface area contributed by atoms with E-state index < -0.39 is 43.6 Å². The minimum atomic E-state index is -4.18. The van der Waals surface area contributed by atoms with E-state index in [1.807, 2.05) is 4.72 Å². The zero-order chi connectivity index (χ0) is 13.9. The molecule has 0 amide bonds. The van der Waals surface area contributed by atoms with Gasteiger partial charge in [-0.25, -0.2) is 13.1 Å². The number of benzene rings is 1. The Balaban J connectivity index is 3.35. The summed E-state index contributed by atoms with van der Waals surface area (Å²) in [6, 6.07) is 1.53. The number of hydrogen-bond acceptors (Lipinski definition) is 7. The van der Waals surface area contributed by atoms with Crippen LogP contribution in [-0.2, 0) is 10.0 Å². The van der Waals surface area contributed by atoms with Crippen molar-refractivity contribution in [3.63, 3.8) is 0 Å². The number of aromatic hydroxyl groups is 1. The number of rotatable bonds is 5. The summed E-state index contributed by atoms with van der Waals surface area (Å²) in [5.41, 5.74) is 4.31. The van der Waals surface area contributed by atoms with Crippen LogP contribution in [0.4, 0.5) is 11.4 Å². The summed E-state index contributed by atoms with van der Waals surface area (Å²) in [6.07, 6.45) is 0. The number of aliphatic hydroxyl groups is 1. The molecule has 0 saturated carbocycles. The highest BCUT2D eigenvalue weighted by atomic mass is 32.2. The van der Waals surface area contributed by atoms with Gasteiger partial charge in [0, 0.05) is 18.7 Å². The zero-order valence-corrected chi connectivity index (χ0v) is 9.85. The first-order chi connectivity index (χ1) is 8.29. The standard InChI is InChI=1S/C8H11N3O6S/c9-6-3-5(11(14)15)4-7(8(6)13)18(16,17)10-1-2-12/h3-4,10,12-13H,1-2,9H2. The van der Waals surface area contributed by atoms with Gasteiger partial charge < -0.3 is 15.9 Å². The van der Waals surface area contributed by atoms with E-state index in [-0.39, 0.29) is 6.54 Å². The number of aliphatic hydroxyl groups excluding tert-OH is 1. The van der Waals surface area contributed by atoms with E-state index in [4.69, 9.17) is 10.8 Å². The van der Waals surface area contributed by atoms with Crippen molar-refractivity contribution < 1.29 is 23.6 Å². The van der Waals surface area contributed by atoms with Crippen LogP contribution >= 0.6 is 0 Å². The first kappa shape index (κ1) is 14.2. The Kier molecular flexibility index (Phi) is 4.06. The summed E-state index contributed by atoms with van der Waals surface area (Å²) in [5.74, 6) is -0.772. The number of non-ortho nitro benzene ring substituents is 1. The lowest BCUT2D eigenvalue weighted by Gasteiger charge is -2.08. The van der Waals surface area contributed by atoms with Gasteiger partial charge in [-0.15, -0.1) is 0 Å². The topological polar surface area (TPSA) is 156 Å². The molecule has 0 aliphatic heterocycles. The highest BCUT2D eigenvalue weighted by molar-refractivity contribution is 7.89. The maximum Gasteiger partial charge on any atom is 0.273 e. The normalized spacial score (nSPS) is 11.4. The molecule has 0 saturated heterocycles. The monoisotopic (exact) mass is 277 g/mol. The van der Waals surface area contributed by atoms with E-state index >= 15 is 0 Å². The molecule has 5 N–H and O–H groups in total. The maximum absolute atomic E-state index is 11.7. The summed E-state index contributed by atoms with van der Waals surface area (Å²) in [6.45, 7) is -0.741. The number of nitrogens with two attached hydrogens (primary N) is 1. The quantitative estimate of drug-likeness (QED) is 0.236. The van der Waals surface area contributed by atoms with E-state index in [0.29, 0.717) is 6.07 Å². The Bertz CT molecular complexity index is 570. The van der Waals surface area contributed by atoms with Crippen molar-refractivity contribution >= 4 is 21.4 Å². The van der Waals surface area contributed by atoms with E-state index in [2.05, 4.69) is 0 Å². The Morgan fingerprint density at radius 3 is 2.56 bits per heavy atom. The molecule has 0 unspecified atom stereocenters. The van der Waals surface area contributed by atoms with E-state index in [1.54, 1.807) is 0 Å². The largest absolute Gasteiger partial charge is 0.504 e. The molecule has 0 fully saturated rings. The minimum absolute atomic E-state index is 0.287. The van der Waals surface area contributed by atoms with Crippen LogP contribution in [0.15, 0.2) is 17.0 Å². The molecule has 1 rings (SSSR count). The second kappa shape index (κ2) is 5.16. The predicted molar refractivity (Wildman–Crippen MR) is 61.4 cm³/mol. The van der Waals surface area contributed by atoms with Crippen LogP contribution in [0, 0.1) is 10.1 Å². The molecule has 0 bridgehead atoms. The van der Waals surface area contributed by atoms with Crippen molar-refractivity contribution in [1.82, 2.24) is 4.72 Å². The number of nitrogen functional groups attached to an aromatic ring is 1. The van der Waals surface area contributed by atoms with Crippen LogP contribution in [0.25, 0.3) is 0 Å². The van der Waals surface area contributed by atoms with Crippen molar-refractivity contribution in [3.8, 4) is 5.75 Å². The molecule has 1 aromatic carbocycles. The van der Waals surface area contributed by atoms with Crippen LogP contribution in [0.5, 0.6) is 5.75 Å². The van der Waals surface area contributed by atoms with Gasteiger partial charge in [0.2, 0.25) is 10.0 Å². The molecule has 18 heavy (non-hydrogen) atoms.